The summed E-state index contributed by atoms with van der Waals surface area (Å²) < 4.78 is 11.3. The van der Waals surface area contributed by atoms with E-state index in [1.807, 2.05) is 26.0 Å². The van der Waals surface area contributed by atoms with Crippen LogP contribution in [0.2, 0.25) is 0 Å². The maximum atomic E-state index is 5.68. The van der Waals surface area contributed by atoms with E-state index in [4.69, 9.17) is 9.15 Å². The second kappa shape index (κ2) is 6.43. The summed E-state index contributed by atoms with van der Waals surface area (Å²) in [6.45, 7) is 8.28. The number of nitrogens with one attached hydrogen (secondary N) is 2. The number of aromatic amines is 1. The molecule has 2 aromatic rings. The highest BCUT2D eigenvalue weighted by Gasteiger charge is 2.08. The molecule has 0 radical (unpaired) electrons. The van der Waals surface area contributed by atoms with Gasteiger partial charge in [-0.15, -0.1) is 5.10 Å². The van der Waals surface area contributed by atoms with Gasteiger partial charge >= 0.3 is 0 Å². The Morgan fingerprint density at radius 2 is 2.21 bits per heavy atom. The van der Waals surface area contributed by atoms with E-state index < -0.39 is 0 Å². The largest absolute Gasteiger partial charge is 0.472 e. The van der Waals surface area contributed by atoms with Crippen LogP contribution in [0.1, 0.15) is 36.1 Å². The molecule has 2 heterocycles. The number of hydrogen-bond donors (Lipinski definition) is 2. The van der Waals surface area contributed by atoms with E-state index in [-0.39, 0.29) is 0 Å². The molecule has 0 atom stereocenters. The summed E-state index contributed by atoms with van der Waals surface area (Å²) in [6.07, 6.45) is 1.12. The molecule has 2 aromatic heterocycles. The average molecular weight is 263 g/mol. The molecule has 5 nitrogen and oxygen atoms in total. The zero-order chi connectivity index (χ0) is 13.7. The number of ether oxygens (including phenoxy) is 1. The van der Waals surface area contributed by atoms with E-state index in [1.54, 1.807) is 0 Å². The molecule has 0 aliphatic rings. The third-order valence-corrected chi connectivity index (χ3v) is 2.86. The number of H-pyrrole nitrogens is 1. The Morgan fingerprint density at radius 3 is 2.89 bits per heavy atom. The second-order valence-corrected chi connectivity index (χ2v) is 4.65. The molecule has 5 heteroatoms. The van der Waals surface area contributed by atoms with Gasteiger partial charge in [-0.25, -0.2) is 0 Å². The van der Waals surface area contributed by atoms with Gasteiger partial charge in [0, 0.05) is 17.3 Å². The maximum absolute atomic E-state index is 5.68. The van der Waals surface area contributed by atoms with Crippen LogP contribution in [0, 0.1) is 13.8 Å². The minimum absolute atomic E-state index is 0.480. The molecule has 0 aliphatic heterocycles. The van der Waals surface area contributed by atoms with Gasteiger partial charge in [0.1, 0.15) is 18.1 Å². The maximum Gasteiger partial charge on any atom is 0.233 e. The Hall–Kier alpha value is -1.75. The quantitative estimate of drug-likeness (QED) is 0.754. The SMILES string of the molecule is CCCNCc1cc(COc2cc(C)[nH]n2)c(C)o1. The fraction of sp³-hybridized carbons (Fsp3) is 0.500. The molecule has 0 saturated carbocycles. The Morgan fingerprint density at radius 1 is 1.37 bits per heavy atom. The molecule has 0 aromatic carbocycles. The van der Waals surface area contributed by atoms with Crippen LogP contribution in [0.15, 0.2) is 16.5 Å². The van der Waals surface area contributed by atoms with Crippen molar-refractivity contribution >= 4 is 0 Å². The van der Waals surface area contributed by atoms with Crippen molar-refractivity contribution in [3.8, 4) is 5.88 Å². The van der Waals surface area contributed by atoms with Crippen molar-refractivity contribution in [1.82, 2.24) is 15.5 Å². The Balaban J connectivity index is 1.89. The zero-order valence-electron chi connectivity index (χ0n) is 11.7. The van der Waals surface area contributed by atoms with E-state index in [9.17, 15) is 0 Å². The summed E-state index contributed by atoms with van der Waals surface area (Å²) in [5.41, 5.74) is 2.05. The van der Waals surface area contributed by atoms with Gasteiger partial charge < -0.3 is 14.5 Å². The van der Waals surface area contributed by atoms with Crippen LogP contribution < -0.4 is 10.1 Å². The van der Waals surface area contributed by atoms with Gasteiger partial charge in [-0.3, -0.25) is 5.10 Å². The van der Waals surface area contributed by atoms with Crippen molar-refractivity contribution in [2.24, 2.45) is 0 Å². The molecule has 0 amide bonds. The number of nitrogens with zero attached hydrogens (tertiary/aromatic N) is 1. The van der Waals surface area contributed by atoms with Gasteiger partial charge in [0.25, 0.3) is 0 Å². The molecule has 19 heavy (non-hydrogen) atoms. The van der Waals surface area contributed by atoms with Crippen LogP contribution in [-0.4, -0.2) is 16.7 Å². The lowest BCUT2D eigenvalue weighted by Crippen LogP contribution is -2.13. The summed E-state index contributed by atoms with van der Waals surface area (Å²) >= 11 is 0. The first kappa shape index (κ1) is 13.7. The van der Waals surface area contributed by atoms with Crippen LogP contribution in [0.25, 0.3) is 0 Å². The fourth-order valence-electron chi connectivity index (χ4n) is 1.83. The van der Waals surface area contributed by atoms with E-state index in [0.29, 0.717) is 12.5 Å². The summed E-state index contributed by atoms with van der Waals surface area (Å²) in [4.78, 5) is 0. The van der Waals surface area contributed by atoms with Gasteiger partial charge in [0.05, 0.1) is 6.54 Å². The van der Waals surface area contributed by atoms with Gasteiger partial charge in [-0.05, 0) is 32.9 Å². The van der Waals surface area contributed by atoms with Crippen molar-refractivity contribution in [2.45, 2.75) is 40.3 Å². The standard InChI is InChI=1S/C14H21N3O2/c1-4-5-15-8-13-7-12(11(3)19-13)9-18-14-6-10(2)16-17-14/h6-7,15H,4-5,8-9H2,1-3H3,(H,16,17). The number of hydrogen-bond acceptors (Lipinski definition) is 4. The highest BCUT2D eigenvalue weighted by Crippen LogP contribution is 2.17. The Kier molecular flexibility index (Phi) is 4.63. The topological polar surface area (TPSA) is 63.1 Å². The molecule has 0 spiro atoms. The molecular weight excluding hydrogens is 242 g/mol. The number of aryl methyl sites for hydroxylation is 2. The normalized spacial score (nSPS) is 10.9. The summed E-state index contributed by atoms with van der Waals surface area (Å²) in [7, 11) is 0. The molecule has 2 N–H and O–H groups in total. The first-order chi connectivity index (χ1) is 9.19. The van der Waals surface area contributed by atoms with E-state index in [2.05, 4.69) is 22.4 Å². The third-order valence-electron chi connectivity index (χ3n) is 2.86. The van der Waals surface area contributed by atoms with E-state index >= 15 is 0 Å². The molecule has 0 saturated heterocycles. The minimum Gasteiger partial charge on any atom is -0.472 e. The van der Waals surface area contributed by atoms with E-state index in [1.165, 1.54) is 0 Å². The van der Waals surface area contributed by atoms with Crippen molar-refractivity contribution in [3.63, 3.8) is 0 Å². The average Bonchev–Trinajstić information content (AvgIpc) is 2.94. The zero-order valence-corrected chi connectivity index (χ0v) is 11.7. The van der Waals surface area contributed by atoms with Gasteiger partial charge in [-0.2, -0.15) is 0 Å². The lowest BCUT2D eigenvalue weighted by Gasteiger charge is -1.99. The first-order valence-corrected chi connectivity index (χ1v) is 6.62. The molecular formula is C14H21N3O2. The molecule has 0 bridgehead atoms. The predicted octanol–water partition coefficient (Wildman–Crippen LogP) is 2.70. The summed E-state index contributed by atoms with van der Waals surface area (Å²) in [6, 6.07) is 3.91. The number of rotatable bonds is 7. The number of aromatic nitrogens is 2. The van der Waals surface area contributed by atoms with Crippen molar-refractivity contribution in [3.05, 3.63) is 34.9 Å². The molecule has 104 valence electrons. The molecule has 0 fully saturated rings. The van der Waals surface area contributed by atoms with Crippen LogP contribution in [0.3, 0.4) is 0 Å². The van der Waals surface area contributed by atoms with Crippen molar-refractivity contribution < 1.29 is 9.15 Å². The van der Waals surface area contributed by atoms with Crippen LogP contribution in [0.4, 0.5) is 0 Å². The fourth-order valence-corrected chi connectivity index (χ4v) is 1.83. The van der Waals surface area contributed by atoms with Crippen LogP contribution in [-0.2, 0) is 13.2 Å². The summed E-state index contributed by atoms with van der Waals surface area (Å²) in [5.74, 6) is 2.46. The summed E-state index contributed by atoms with van der Waals surface area (Å²) in [5, 5.41) is 10.2. The first-order valence-electron chi connectivity index (χ1n) is 6.62. The number of furan rings is 1. The van der Waals surface area contributed by atoms with Crippen LogP contribution in [0.5, 0.6) is 5.88 Å². The van der Waals surface area contributed by atoms with Crippen molar-refractivity contribution in [2.75, 3.05) is 6.54 Å². The van der Waals surface area contributed by atoms with Gasteiger partial charge in [-0.1, -0.05) is 6.92 Å². The van der Waals surface area contributed by atoms with Crippen molar-refractivity contribution in [1.29, 1.82) is 0 Å². The highest BCUT2D eigenvalue weighted by atomic mass is 16.5. The molecule has 0 aliphatic carbocycles. The Labute approximate surface area is 113 Å². The molecule has 2 rings (SSSR count). The smallest absolute Gasteiger partial charge is 0.233 e. The monoisotopic (exact) mass is 263 g/mol. The third kappa shape index (κ3) is 3.86. The lowest BCUT2D eigenvalue weighted by molar-refractivity contribution is 0.290. The molecule has 0 unspecified atom stereocenters. The van der Waals surface area contributed by atoms with Crippen LogP contribution >= 0.6 is 0 Å². The van der Waals surface area contributed by atoms with E-state index in [0.717, 1.165) is 42.3 Å². The van der Waals surface area contributed by atoms with Gasteiger partial charge in [0.2, 0.25) is 5.88 Å². The predicted molar refractivity (Wildman–Crippen MR) is 73.1 cm³/mol. The minimum atomic E-state index is 0.480. The van der Waals surface area contributed by atoms with Gasteiger partial charge in [0.15, 0.2) is 0 Å². The Bertz CT molecular complexity index is 516. The lowest BCUT2D eigenvalue weighted by atomic mass is 10.2. The second-order valence-electron chi connectivity index (χ2n) is 4.65. The highest BCUT2D eigenvalue weighted by molar-refractivity contribution is 5.21.